The molecule has 1 heterocycles. The summed E-state index contributed by atoms with van der Waals surface area (Å²) in [6, 6.07) is 4.64. The molecule has 0 saturated heterocycles. The number of aryl methyl sites for hydroxylation is 2. The van der Waals surface area contributed by atoms with Crippen LogP contribution in [0, 0.1) is 6.92 Å². The van der Waals surface area contributed by atoms with Crippen LogP contribution in [0.2, 0.25) is 0 Å². The number of halogens is 2. The molecule has 19 heavy (non-hydrogen) atoms. The molecule has 0 spiro atoms. The lowest BCUT2D eigenvalue weighted by Gasteiger charge is -2.14. The first-order valence-electron chi connectivity index (χ1n) is 5.71. The third-order valence-corrected chi connectivity index (χ3v) is 3.01. The van der Waals surface area contributed by atoms with E-state index in [1.807, 2.05) is 6.92 Å². The zero-order valence-corrected chi connectivity index (χ0v) is 10.9. The van der Waals surface area contributed by atoms with E-state index < -0.39 is 6.43 Å². The van der Waals surface area contributed by atoms with Crippen LogP contribution in [0.25, 0.3) is 11.3 Å². The molecule has 0 aliphatic rings. The third-order valence-electron chi connectivity index (χ3n) is 3.01. The van der Waals surface area contributed by atoms with Gasteiger partial charge in [0.15, 0.2) is 0 Å². The summed E-state index contributed by atoms with van der Waals surface area (Å²) in [7, 11) is 3.06. The van der Waals surface area contributed by atoms with E-state index in [-0.39, 0.29) is 11.3 Å². The molecule has 2 rings (SSSR count). The number of nitrogen functional groups attached to an aromatic ring is 1. The van der Waals surface area contributed by atoms with Gasteiger partial charge in [-0.25, -0.2) is 8.78 Å². The second-order valence-electron chi connectivity index (χ2n) is 4.26. The van der Waals surface area contributed by atoms with Crippen molar-refractivity contribution in [3.05, 3.63) is 29.3 Å². The van der Waals surface area contributed by atoms with Crippen molar-refractivity contribution in [3.63, 3.8) is 0 Å². The number of methoxy groups -OCH3 is 1. The topological polar surface area (TPSA) is 53.1 Å². The predicted molar refractivity (Wildman–Crippen MR) is 69.3 cm³/mol. The number of benzene rings is 1. The van der Waals surface area contributed by atoms with Crippen molar-refractivity contribution in [2.75, 3.05) is 12.8 Å². The van der Waals surface area contributed by atoms with Gasteiger partial charge in [-0.3, -0.25) is 4.68 Å². The highest BCUT2D eigenvalue weighted by Crippen LogP contribution is 2.39. The SMILES string of the molecule is COc1c(C(F)F)ccc(C)c1-c1cc(N)n(C)n1. The summed E-state index contributed by atoms with van der Waals surface area (Å²) in [4.78, 5) is 0. The molecule has 6 heteroatoms. The van der Waals surface area contributed by atoms with Gasteiger partial charge in [0, 0.05) is 18.7 Å². The molecule has 0 unspecified atom stereocenters. The third kappa shape index (κ3) is 2.25. The minimum absolute atomic E-state index is 0.146. The Morgan fingerprint density at radius 2 is 2.05 bits per heavy atom. The number of ether oxygens (including phenoxy) is 1. The monoisotopic (exact) mass is 267 g/mol. The molecular formula is C13H15F2N3O. The molecule has 2 aromatic rings. The van der Waals surface area contributed by atoms with Gasteiger partial charge in [0.1, 0.15) is 11.6 Å². The van der Waals surface area contributed by atoms with Crippen LogP contribution in [0.1, 0.15) is 17.6 Å². The van der Waals surface area contributed by atoms with Gasteiger partial charge in [-0.05, 0) is 18.6 Å². The molecule has 0 atom stereocenters. The zero-order valence-electron chi connectivity index (χ0n) is 10.9. The van der Waals surface area contributed by atoms with E-state index in [4.69, 9.17) is 10.5 Å². The zero-order chi connectivity index (χ0) is 14.2. The van der Waals surface area contributed by atoms with E-state index in [9.17, 15) is 8.78 Å². The summed E-state index contributed by atoms with van der Waals surface area (Å²) >= 11 is 0. The molecule has 4 nitrogen and oxygen atoms in total. The van der Waals surface area contributed by atoms with Crippen molar-refractivity contribution in [1.29, 1.82) is 0 Å². The summed E-state index contributed by atoms with van der Waals surface area (Å²) in [6.07, 6.45) is -2.60. The van der Waals surface area contributed by atoms with E-state index in [1.165, 1.54) is 17.9 Å². The van der Waals surface area contributed by atoms with Crippen molar-refractivity contribution in [2.24, 2.45) is 7.05 Å². The second-order valence-corrected chi connectivity index (χ2v) is 4.26. The molecule has 102 valence electrons. The van der Waals surface area contributed by atoms with E-state index >= 15 is 0 Å². The van der Waals surface area contributed by atoms with Crippen LogP contribution in [-0.2, 0) is 7.05 Å². The van der Waals surface area contributed by atoms with Gasteiger partial charge in [0.2, 0.25) is 0 Å². The van der Waals surface area contributed by atoms with Crippen molar-refractivity contribution < 1.29 is 13.5 Å². The maximum Gasteiger partial charge on any atom is 0.267 e. The highest BCUT2D eigenvalue weighted by atomic mass is 19.3. The lowest BCUT2D eigenvalue weighted by atomic mass is 10.0. The maximum absolute atomic E-state index is 13.0. The first kappa shape index (κ1) is 13.3. The van der Waals surface area contributed by atoms with Crippen molar-refractivity contribution in [2.45, 2.75) is 13.3 Å². The van der Waals surface area contributed by atoms with Gasteiger partial charge < -0.3 is 10.5 Å². The van der Waals surface area contributed by atoms with Crippen LogP contribution in [0.3, 0.4) is 0 Å². The second kappa shape index (κ2) is 4.87. The van der Waals surface area contributed by atoms with E-state index in [0.29, 0.717) is 17.1 Å². The number of hydrogen-bond donors (Lipinski definition) is 1. The maximum atomic E-state index is 13.0. The van der Waals surface area contributed by atoms with Crippen LogP contribution < -0.4 is 10.5 Å². The van der Waals surface area contributed by atoms with Gasteiger partial charge in [-0.2, -0.15) is 5.10 Å². The smallest absolute Gasteiger partial charge is 0.267 e. The molecule has 1 aromatic carbocycles. The fraction of sp³-hybridized carbons (Fsp3) is 0.308. The van der Waals surface area contributed by atoms with Crippen molar-refractivity contribution >= 4 is 5.82 Å². The largest absolute Gasteiger partial charge is 0.496 e. The quantitative estimate of drug-likeness (QED) is 0.930. The summed E-state index contributed by atoms with van der Waals surface area (Å²) in [5.74, 6) is 0.604. The van der Waals surface area contributed by atoms with Gasteiger partial charge >= 0.3 is 0 Å². The van der Waals surface area contributed by atoms with Gasteiger partial charge in [0.25, 0.3) is 6.43 Å². The lowest BCUT2D eigenvalue weighted by Crippen LogP contribution is -1.99. The Balaban J connectivity index is 2.70. The molecule has 0 aliphatic heterocycles. The average molecular weight is 267 g/mol. The number of aromatic nitrogens is 2. The standard InChI is InChI=1S/C13H15F2N3O/c1-7-4-5-8(13(14)15)12(19-3)11(7)9-6-10(16)18(2)17-9/h4-6,13H,16H2,1-3H3. The fourth-order valence-corrected chi connectivity index (χ4v) is 2.01. The molecule has 0 amide bonds. The number of hydrogen-bond acceptors (Lipinski definition) is 3. The molecule has 0 radical (unpaired) electrons. The van der Waals surface area contributed by atoms with Crippen LogP contribution in [0.5, 0.6) is 5.75 Å². The van der Waals surface area contributed by atoms with Gasteiger partial charge in [-0.1, -0.05) is 6.07 Å². The molecule has 1 aromatic heterocycles. The Bertz CT molecular complexity index is 589. The first-order valence-corrected chi connectivity index (χ1v) is 5.71. The Kier molecular flexibility index (Phi) is 3.42. The number of rotatable bonds is 3. The Morgan fingerprint density at radius 3 is 2.53 bits per heavy atom. The summed E-state index contributed by atoms with van der Waals surface area (Å²) in [5.41, 5.74) is 7.46. The Hall–Kier alpha value is -2.11. The number of nitrogens with two attached hydrogens (primary N) is 1. The number of anilines is 1. The summed E-state index contributed by atoms with van der Waals surface area (Å²) in [6.45, 7) is 1.82. The fourth-order valence-electron chi connectivity index (χ4n) is 2.01. The predicted octanol–water partition coefficient (Wildman–Crippen LogP) is 2.92. The van der Waals surface area contributed by atoms with Crippen molar-refractivity contribution in [1.82, 2.24) is 9.78 Å². The van der Waals surface area contributed by atoms with Gasteiger partial charge in [0.05, 0.1) is 18.4 Å². The Labute approximate surface area is 109 Å². The number of nitrogens with zero attached hydrogens (tertiary/aromatic N) is 2. The van der Waals surface area contributed by atoms with E-state index in [2.05, 4.69) is 5.10 Å². The van der Waals surface area contributed by atoms with Crippen LogP contribution in [-0.4, -0.2) is 16.9 Å². The van der Waals surface area contributed by atoms with Gasteiger partial charge in [-0.15, -0.1) is 0 Å². The average Bonchev–Trinajstić information content (AvgIpc) is 2.68. The van der Waals surface area contributed by atoms with Crippen LogP contribution in [0.15, 0.2) is 18.2 Å². The molecule has 0 saturated carbocycles. The molecule has 0 fully saturated rings. The molecule has 0 aliphatic carbocycles. The molecule has 0 bridgehead atoms. The Morgan fingerprint density at radius 1 is 1.37 bits per heavy atom. The summed E-state index contributed by atoms with van der Waals surface area (Å²) < 4.78 is 32.6. The lowest BCUT2D eigenvalue weighted by molar-refractivity contribution is 0.147. The summed E-state index contributed by atoms with van der Waals surface area (Å²) in [5, 5.41) is 4.22. The highest BCUT2D eigenvalue weighted by molar-refractivity contribution is 5.74. The first-order chi connectivity index (χ1) is 8.95. The van der Waals surface area contributed by atoms with Crippen molar-refractivity contribution in [3.8, 4) is 17.0 Å². The highest BCUT2D eigenvalue weighted by Gasteiger charge is 2.21. The number of alkyl halides is 2. The molecular weight excluding hydrogens is 252 g/mol. The van der Waals surface area contributed by atoms with E-state index in [1.54, 1.807) is 19.2 Å². The molecule has 2 N–H and O–H groups in total. The van der Waals surface area contributed by atoms with E-state index in [0.717, 1.165) is 5.56 Å². The van der Waals surface area contributed by atoms with Crippen LogP contribution in [0.4, 0.5) is 14.6 Å². The van der Waals surface area contributed by atoms with Crippen LogP contribution >= 0.6 is 0 Å². The minimum atomic E-state index is -2.60. The normalized spacial score (nSPS) is 11.1. The minimum Gasteiger partial charge on any atom is -0.496 e.